The van der Waals surface area contributed by atoms with Crippen LogP contribution >= 0.6 is 11.6 Å². The lowest BCUT2D eigenvalue weighted by atomic mass is 10.4. The molecule has 0 spiro atoms. The maximum absolute atomic E-state index is 10.9. The van der Waals surface area contributed by atoms with E-state index in [0.717, 1.165) is 12.2 Å². The topological polar surface area (TPSA) is 47.8 Å². The number of aryl methyl sites for hydroxylation is 1. The van der Waals surface area contributed by atoms with Crippen molar-refractivity contribution in [3.8, 4) is 0 Å². The lowest BCUT2D eigenvalue weighted by Gasteiger charge is -2.03. The number of hydrogen-bond donors (Lipinski definition) is 0. The molecule has 1 heterocycles. The van der Waals surface area contributed by atoms with Gasteiger partial charge in [-0.2, -0.15) is 0 Å². The molecule has 0 aliphatic rings. The van der Waals surface area contributed by atoms with Gasteiger partial charge in [-0.3, -0.25) is 4.21 Å². The Bertz CT molecular complexity index is 313. The van der Waals surface area contributed by atoms with Crippen LogP contribution in [0.4, 0.5) is 0 Å². The molecule has 0 N–H and O–H groups in total. The fourth-order valence-corrected chi connectivity index (χ4v) is 1.68. The van der Waals surface area contributed by atoms with Gasteiger partial charge in [-0.15, -0.1) is 10.2 Å². The molecule has 1 unspecified atom stereocenters. The van der Waals surface area contributed by atoms with Gasteiger partial charge in [0.25, 0.3) is 0 Å². The van der Waals surface area contributed by atoms with Gasteiger partial charge in [-0.05, 0) is 11.6 Å². The minimum absolute atomic E-state index is 0.377. The van der Waals surface area contributed by atoms with Crippen LogP contribution in [0.3, 0.4) is 0 Å². The van der Waals surface area contributed by atoms with E-state index in [1.807, 2.05) is 6.92 Å². The molecular weight excluding hydrogens is 210 g/mol. The van der Waals surface area contributed by atoms with Gasteiger partial charge >= 0.3 is 0 Å². The van der Waals surface area contributed by atoms with Gasteiger partial charge in [0.1, 0.15) is 5.82 Å². The van der Waals surface area contributed by atoms with Gasteiger partial charge in [-0.25, -0.2) is 0 Å². The van der Waals surface area contributed by atoms with Gasteiger partial charge in [0.15, 0.2) is 0 Å². The number of nitrogens with zero attached hydrogens (tertiary/aromatic N) is 3. The molecule has 0 bridgehead atoms. The molecule has 0 amide bonds. The summed E-state index contributed by atoms with van der Waals surface area (Å²) in [6.45, 7) is 2.61. The highest BCUT2D eigenvalue weighted by Crippen LogP contribution is 2.08. The summed E-state index contributed by atoms with van der Waals surface area (Å²) in [6.07, 6.45) is 2.46. The van der Waals surface area contributed by atoms with Crippen LogP contribution in [0.5, 0.6) is 0 Å². The summed E-state index contributed by atoms with van der Waals surface area (Å²) in [7, 11) is -0.804. The number of halogens is 1. The first-order valence-corrected chi connectivity index (χ1v) is 6.13. The smallest absolute Gasteiger partial charge is 0.225 e. The van der Waals surface area contributed by atoms with Crippen LogP contribution in [0.15, 0.2) is 0 Å². The van der Waals surface area contributed by atoms with Crippen molar-refractivity contribution in [3.05, 3.63) is 11.1 Å². The predicted octanol–water partition coefficient (Wildman–Crippen LogP) is 0.872. The van der Waals surface area contributed by atoms with Gasteiger partial charge in [0.05, 0.1) is 0 Å². The Morgan fingerprint density at radius 3 is 2.77 bits per heavy atom. The minimum atomic E-state index is -0.804. The maximum Gasteiger partial charge on any atom is 0.225 e. The van der Waals surface area contributed by atoms with Crippen LogP contribution in [0.2, 0.25) is 5.28 Å². The number of rotatable bonds is 4. The highest BCUT2D eigenvalue weighted by atomic mass is 35.5. The van der Waals surface area contributed by atoms with Crippen molar-refractivity contribution >= 4 is 22.4 Å². The van der Waals surface area contributed by atoms with Crippen LogP contribution in [-0.2, 0) is 23.8 Å². The molecule has 1 atom stereocenters. The zero-order valence-corrected chi connectivity index (χ0v) is 9.23. The average molecular weight is 222 g/mol. The van der Waals surface area contributed by atoms with Crippen molar-refractivity contribution in [2.45, 2.75) is 19.9 Å². The molecule has 13 heavy (non-hydrogen) atoms. The first-order valence-electron chi connectivity index (χ1n) is 4.02. The molecule has 1 aromatic rings. The zero-order chi connectivity index (χ0) is 9.84. The normalized spacial score (nSPS) is 13.2. The number of hydrogen-bond acceptors (Lipinski definition) is 3. The first kappa shape index (κ1) is 10.7. The standard InChI is InChI=1S/C7H12ClN3OS/c1-3-6-9-10-7(8)11(6)4-5-13(2)12/h3-5H2,1-2H3. The largest absolute Gasteiger partial charge is 0.301 e. The van der Waals surface area contributed by atoms with Crippen molar-refractivity contribution in [1.82, 2.24) is 14.8 Å². The van der Waals surface area contributed by atoms with E-state index < -0.39 is 10.8 Å². The van der Waals surface area contributed by atoms with Crippen molar-refractivity contribution in [1.29, 1.82) is 0 Å². The van der Waals surface area contributed by atoms with Gasteiger partial charge in [0.2, 0.25) is 5.28 Å². The van der Waals surface area contributed by atoms with Crippen LogP contribution in [-0.4, -0.2) is 31.0 Å². The third kappa shape index (κ3) is 2.77. The second-order valence-corrected chi connectivity index (χ2v) is 4.56. The van der Waals surface area contributed by atoms with E-state index in [1.54, 1.807) is 10.8 Å². The van der Waals surface area contributed by atoms with E-state index in [0.29, 0.717) is 17.6 Å². The van der Waals surface area contributed by atoms with Crippen molar-refractivity contribution in [3.63, 3.8) is 0 Å². The molecule has 0 radical (unpaired) electrons. The molecule has 0 fully saturated rings. The van der Waals surface area contributed by atoms with Crippen LogP contribution in [0.1, 0.15) is 12.7 Å². The van der Waals surface area contributed by atoms with Crippen molar-refractivity contribution < 1.29 is 4.21 Å². The van der Waals surface area contributed by atoms with Crippen LogP contribution < -0.4 is 0 Å². The van der Waals surface area contributed by atoms with Crippen molar-refractivity contribution in [2.24, 2.45) is 0 Å². The Morgan fingerprint density at radius 2 is 2.23 bits per heavy atom. The Hall–Kier alpha value is -0.420. The lowest BCUT2D eigenvalue weighted by molar-refractivity contribution is 0.669. The molecule has 0 saturated carbocycles. The highest BCUT2D eigenvalue weighted by molar-refractivity contribution is 7.84. The SMILES string of the molecule is CCc1nnc(Cl)n1CCS(C)=O. The first-order chi connectivity index (χ1) is 6.15. The lowest BCUT2D eigenvalue weighted by Crippen LogP contribution is -2.09. The second-order valence-electron chi connectivity index (χ2n) is 2.67. The van der Waals surface area contributed by atoms with E-state index >= 15 is 0 Å². The highest BCUT2D eigenvalue weighted by Gasteiger charge is 2.07. The Labute approximate surface area is 84.8 Å². The molecule has 74 valence electrons. The molecule has 1 aromatic heterocycles. The summed E-state index contributed by atoms with van der Waals surface area (Å²) < 4.78 is 12.7. The van der Waals surface area contributed by atoms with Gasteiger partial charge < -0.3 is 4.57 Å². The fraction of sp³-hybridized carbons (Fsp3) is 0.714. The zero-order valence-electron chi connectivity index (χ0n) is 7.66. The van der Waals surface area contributed by atoms with E-state index in [4.69, 9.17) is 11.6 Å². The van der Waals surface area contributed by atoms with Crippen LogP contribution in [0.25, 0.3) is 0 Å². The summed E-state index contributed by atoms with van der Waals surface area (Å²) in [6, 6.07) is 0. The fourth-order valence-electron chi connectivity index (χ4n) is 1.02. The van der Waals surface area contributed by atoms with E-state index in [9.17, 15) is 4.21 Å². The summed E-state index contributed by atoms with van der Waals surface area (Å²) in [5.74, 6) is 1.43. The molecule has 0 aliphatic carbocycles. The van der Waals surface area contributed by atoms with Crippen LogP contribution in [0, 0.1) is 0 Å². The Balaban J connectivity index is 2.73. The molecule has 0 aliphatic heterocycles. The van der Waals surface area contributed by atoms with Gasteiger partial charge in [-0.1, -0.05) is 6.92 Å². The third-order valence-corrected chi connectivity index (χ3v) is 2.74. The quantitative estimate of drug-likeness (QED) is 0.758. The molecule has 1 rings (SSSR count). The number of aromatic nitrogens is 3. The molecule has 0 saturated heterocycles. The summed E-state index contributed by atoms with van der Waals surface area (Å²) in [5, 5.41) is 8.02. The Morgan fingerprint density at radius 1 is 1.54 bits per heavy atom. The molecule has 4 nitrogen and oxygen atoms in total. The molecule has 0 aromatic carbocycles. The summed E-state index contributed by atoms with van der Waals surface area (Å²) >= 11 is 5.80. The van der Waals surface area contributed by atoms with Gasteiger partial charge in [0, 0.05) is 35.8 Å². The second kappa shape index (κ2) is 4.72. The van der Waals surface area contributed by atoms with Crippen molar-refractivity contribution in [2.75, 3.05) is 12.0 Å². The Kier molecular flexibility index (Phi) is 3.87. The average Bonchev–Trinajstić information content (AvgIpc) is 2.43. The summed E-state index contributed by atoms with van der Waals surface area (Å²) in [5.41, 5.74) is 0. The molecular formula is C7H12ClN3OS. The molecule has 6 heteroatoms. The van der Waals surface area contributed by atoms with E-state index in [2.05, 4.69) is 10.2 Å². The third-order valence-electron chi connectivity index (χ3n) is 1.70. The monoisotopic (exact) mass is 221 g/mol. The maximum atomic E-state index is 10.9. The predicted molar refractivity (Wildman–Crippen MR) is 53.3 cm³/mol. The van der Waals surface area contributed by atoms with E-state index in [-0.39, 0.29) is 0 Å². The van der Waals surface area contributed by atoms with E-state index in [1.165, 1.54) is 0 Å². The summed E-state index contributed by atoms with van der Waals surface area (Å²) in [4.78, 5) is 0. The minimum Gasteiger partial charge on any atom is -0.301 e.